The fourth-order valence-corrected chi connectivity index (χ4v) is 2.31. The van der Waals surface area contributed by atoms with Gasteiger partial charge < -0.3 is 14.8 Å². The summed E-state index contributed by atoms with van der Waals surface area (Å²) >= 11 is 0. The zero-order chi connectivity index (χ0) is 19.8. The maximum absolute atomic E-state index is 11.9. The molecule has 1 amide bonds. The SMILES string of the molecule is COc1cc(OC)c([N+](=O)[O-])cc1C=NNC(=O)CNc1ccccc1C. The van der Waals surface area contributed by atoms with E-state index >= 15 is 0 Å². The predicted molar refractivity (Wildman–Crippen MR) is 102 cm³/mol. The third-order valence-electron chi connectivity index (χ3n) is 3.71. The van der Waals surface area contributed by atoms with Crippen molar-refractivity contribution >= 4 is 23.5 Å². The number of benzene rings is 2. The number of ether oxygens (including phenoxy) is 2. The number of carbonyl (C=O) groups excluding carboxylic acids is 1. The van der Waals surface area contributed by atoms with Gasteiger partial charge in [-0.2, -0.15) is 5.10 Å². The van der Waals surface area contributed by atoms with Crippen LogP contribution in [0.15, 0.2) is 41.5 Å². The number of carbonyl (C=O) groups is 1. The second kappa shape index (κ2) is 9.18. The molecule has 0 aliphatic carbocycles. The van der Waals surface area contributed by atoms with Crippen LogP contribution in [0.2, 0.25) is 0 Å². The van der Waals surface area contributed by atoms with Crippen LogP contribution in [-0.2, 0) is 4.79 Å². The van der Waals surface area contributed by atoms with Gasteiger partial charge in [0.15, 0.2) is 0 Å². The maximum atomic E-state index is 11.9. The van der Waals surface area contributed by atoms with Crippen LogP contribution in [-0.4, -0.2) is 37.8 Å². The molecule has 142 valence electrons. The quantitative estimate of drug-likeness (QED) is 0.418. The molecule has 2 rings (SSSR count). The molecule has 0 aliphatic rings. The van der Waals surface area contributed by atoms with Crippen molar-refractivity contribution < 1.29 is 19.2 Å². The number of para-hydroxylation sites is 1. The lowest BCUT2D eigenvalue weighted by Gasteiger charge is -2.09. The molecule has 0 saturated heterocycles. The Bertz CT molecular complexity index is 867. The van der Waals surface area contributed by atoms with E-state index < -0.39 is 4.92 Å². The summed E-state index contributed by atoms with van der Waals surface area (Å²) in [7, 11) is 2.75. The summed E-state index contributed by atoms with van der Waals surface area (Å²) in [4.78, 5) is 22.5. The smallest absolute Gasteiger partial charge is 0.311 e. The summed E-state index contributed by atoms with van der Waals surface area (Å²) in [5, 5.41) is 18.0. The van der Waals surface area contributed by atoms with Gasteiger partial charge in [0.25, 0.3) is 5.91 Å². The molecule has 0 bridgehead atoms. The topological polar surface area (TPSA) is 115 Å². The number of hydrazone groups is 1. The monoisotopic (exact) mass is 372 g/mol. The van der Waals surface area contributed by atoms with E-state index in [-0.39, 0.29) is 23.9 Å². The van der Waals surface area contributed by atoms with Crippen LogP contribution in [0.25, 0.3) is 0 Å². The Morgan fingerprint density at radius 2 is 1.93 bits per heavy atom. The fraction of sp³-hybridized carbons (Fsp3) is 0.222. The summed E-state index contributed by atoms with van der Waals surface area (Å²) in [6.45, 7) is 1.96. The Labute approximate surface area is 156 Å². The van der Waals surface area contributed by atoms with Crippen LogP contribution in [0, 0.1) is 17.0 Å². The van der Waals surface area contributed by atoms with Crippen molar-refractivity contribution in [3.05, 3.63) is 57.6 Å². The van der Waals surface area contributed by atoms with Gasteiger partial charge in [-0.3, -0.25) is 14.9 Å². The van der Waals surface area contributed by atoms with E-state index in [4.69, 9.17) is 9.47 Å². The summed E-state index contributed by atoms with van der Waals surface area (Å²) in [5.74, 6) is 0.0328. The average molecular weight is 372 g/mol. The van der Waals surface area contributed by atoms with Crippen LogP contribution < -0.4 is 20.2 Å². The molecule has 0 heterocycles. The van der Waals surface area contributed by atoms with Crippen molar-refractivity contribution in [3.63, 3.8) is 0 Å². The number of hydrogen-bond donors (Lipinski definition) is 2. The number of rotatable bonds is 8. The molecule has 27 heavy (non-hydrogen) atoms. The van der Waals surface area contributed by atoms with E-state index in [2.05, 4.69) is 15.8 Å². The number of methoxy groups -OCH3 is 2. The van der Waals surface area contributed by atoms with Gasteiger partial charge in [-0.25, -0.2) is 5.43 Å². The van der Waals surface area contributed by atoms with E-state index in [0.717, 1.165) is 11.3 Å². The molecule has 0 radical (unpaired) electrons. The average Bonchev–Trinajstić information content (AvgIpc) is 2.66. The van der Waals surface area contributed by atoms with Crippen LogP contribution in [0.3, 0.4) is 0 Å². The number of nitrogens with zero attached hydrogens (tertiary/aromatic N) is 2. The summed E-state index contributed by atoms with van der Waals surface area (Å²) in [5.41, 5.74) is 4.33. The Kier molecular flexibility index (Phi) is 6.70. The largest absolute Gasteiger partial charge is 0.496 e. The van der Waals surface area contributed by atoms with Gasteiger partial charge in [-0.1, -0.05) is 18.2 Å². The number of nitro benzene ring substituents is 1. The van der Waals surface area contributed by atoms with Crippen LogP contribution in [0.5, 0.6) is 11.5 Å². The Hall–Kier alpha value is -3.62. The van der Waals surface area contributed by atoms with Crippen molar-refractivity contribution in [2.45, 2.75) is 6.92 Å². The van der Waals surface area contributed by atoms with Gasteiger partial charge in [0.05, 0.1) is 31.9 Å². The van der Waals surface area contributed by atoms with E-state index in [1.54, 1.807) is 0 Å². The van der Waals surface area contributed by atoms with Crippen molar-refractivity contribution in [2.24, 2.45) is 5.10 Å². The minimum absolute atomic E-state index is 0.0298. The lowest BCUT2D eigenvalue weighted by Crippen LogP contribution is -2.26. The summed E-state index contributed by atoms with van der Waals surface area (Å²) in [6, 6.07) is 10.2. The van der Waals surface area contributed by atoms with E-state index in [9.17, 15) is 14.9 Å². The Morgan fingerprint density at radius 3 is 2.56 bits per heavy atom. The highest BCUT2D eigenvalue weighted by Gasteiger charge is 2.18. The first-order valence-corrected chi connectivity index (χ1v) is 7.98. The maximum Gasteiger partial charge on any atom is 0.311 e. The van der Waals surface area contributed by atoms with Crippen molar-refractivity contribution in [2.75, 3.05) is 26.1 Å². The molecule has 0 atom stereocenters. The molecule has 2 N–H and O–H groups in total. The first-order valence-electron chi connectivity index (χ1n) is 7.98. The van der Waals surface area contributed by atoms with Crippen LogP contribution >= 0.6 is 0 Å². The molecule has 0 spiro atoms. The lowest BCUT2D eigenvalue weighted by atomic mass is 10.1. The molecular formula is C18H20N4O5. The highest BCUT2D eigenvalue weighted by atomic mass is 16.6. The molecule has 0 saturated carbocycles. The minimum atomic E-state index is -0.569. The highest BCUT2D eigenvalue weighted by Crippen LogP contribution is 2.33. The number of nitro groups is 1. The van der Waals surface area contributed by atoms with Gasteiger partial charge in [0, 0.05) is 23.4 Å². The number of amides is 1. The molecule has 0 unspecified atom stereocenters. The first kappa shape index (κ1) is 19.7. The number of hydrogen-bond acceptors (Lipinski definition) is 7. The third kappa shape index (κ3) is 5.18. The normalized spacial score (nSPS) is 10.5. The van der Waals surface area contributed by atoms with Gasteiger partial charge in [0.2, 0.25) is 5.75 Å². The van der Waals surface area contributed by atoms with Gasteiger partial charge >= 0.3 is 5.69 Å². The van der Waals surface area contributed by atoms with E-state index in [1.165, 1.54) is 32.6 Å². The Balaban J connectivity index is 2.04. The highest BCUT2D eigenvalue weighted by molar-refractivity contribution is 5.87. The van der Waals surface area contributed by atoms with Crippen LogP contribution in [0.4, 0.5) is 11.4 Å². The molecule has 2 aromatic rings. The number of nitrogens with one attached hydrogen (secondary N) is 2. The summed E-state index contributed by atoms with van der Waals surface area (Å²) in [6.07, 6.45) is 1.27. The standard InChI is InChI=1S/C18H20N4O5/c1-12-6-4-5-7-14(12)19-11-18(23)21-20-10-13-8-15(22(24)25)17(27-3)9-16(13)26-2/h4-10,19H,11H2,1-3H3,(H,21,23). The van der Waals surface area contributed by atoms with Gasteiger partial charge in [0.1, 0.15) is 5.75 Å². The molecule has 0 fully saturated rings. The van der Waals surface area contributed by atoms with Crippen molar-refractivity contribution in [3.8, 4) is 11.5 Å². The van der Waals surface area contributed by atoms with Gasteiger partial charge in [-0.05, 0) is 18.6 Å². The first-order chi connectivity index (χ1) is 13.0. The van der Waals surface area contributed by atoms with Crippen LogP contribution in [0.1, 0.15) is 11.1 Å². The third-order valence-corrected chi connectivity index (χ3v) is 3.71. The van der Waals surface area contributed by atoms with Gasteiger partial charge in [-0.15, -0.1) is 0 Å². The molecule has 9 heteroatoms. The zero-order valence-corrected chi connectivity index (χ0v) is 15.2. The van der Waals surface area contributed by atoms with Crippen molar-refractivity contribution in [1.29, 1.82) is 0 Å². The molecular weight excluding hydrogens is 352 g/mol. The molecule has 0 aromatic heterocycles. The van der Waals surface area contributed by atoms with E-state index in [1.807, 2.05) is 31.2 Å². The van der Waals surface area contributed by atoms with E-state index in [0.29, 0.717) is 11.3 Å². The number of anilines is 1. The predicted octanol–water partition coefficient (Wildman–Crippen LogP) is 2.48. The molecule has 0 aliphatic heterocycles. The second-order valence-electron chi connectivity index (χ2n) is 5.48. The summed E-state index contributed by atoms with van der Waals surface area (Å²) < 4.78 is 10.2. The fourth-order valence-electron chi connectivity index (χ4n) is 2.31. The molecule has 2 aromatic carbocycles. The zero-order valence-electron chi connectivity index (χ0n) is 15.2. The second-order valence-corrected chi connectivity index (χ2v) is 5.48. The minimum Gasteiger partial charge on any atom is -0.496 e. The van der Waals surface area contributed by atoms with Crippen molar-refractivity contribution in [1.82, 2.24) is 5.43 Å². The lowest BCUT2D eigenvalue weighted by molar-refractivity contribution is -0.385. The number of aryl methyl sites for hydroxylation is 1. The Morgan fingerprint density at radius 1 is 1.22 bits per heavy atom. The molecule has 9 nitrogen and oxygen atoms in total.